The average molecular weight is 430 g/mol. The highest BCUT2D eigenvalue weighted by Gasteiger charge is 2.45. The number of allylic oxidation sites excluding steroid dienone is 3. The Labute approximate surface area is 175 Å². The van der Waals surface area contributed by atoms with Gasteiger partial charge in [-0.15, -0.1) is 10.2 Å². The summed E-state index contributed by atoms with van der Waals surface area (Å²) in [5, 5.41) is 22.9. The molecule has 0 aromatic carbocycles. The van der Waals surface area contributed by atoms with Crippen LogP contribution in [0.1, 0.15) is 38.2 Å². The number of rotatable bonds is 3. The van der Waals surface area contributed by atoms with Crippen LogP contribution in [0, 0.1) is 16.7 Å². The Bertz CT molecular complexity index is 1040. The largest absolute Gasteiger partial charge is 0.384 e. The van der Waals surface area contributed by atoms with Crippen molar-refractivity contribution >= 4 is 45.4 Å². The molecule has 9 heteroatoms. The molecule has 0 spiro atoms. The summed E-state index contributed by atoms with van der Waals surface area (Å²) < 4.78 is 0.810. The standard InChI is InChI=1S/C19H19N5OS3/c1-19(2)6-12-15(13(25)7-19)14(10-4-5-27-9-10)11(8-20)16(21)24(12)17-22-23-18(26-3)28-17/h4-5,9,14H,6-7,21H2,1-3H3. The van der Waals surface area contributed by atoms with E-state index >= 15 is 0 Å². The summed E-state index contributed by atoms with van der Waals surface area (Å²) in [7, 11) is 0. The zero-order valence-electron chi connectivity index (χ0n) is 15.7. The molecule has 1 aliphatic heterocycles. The molecule has 0 saturated heterocycles. The fourth-order valence-electron chi connectivity index (χ4n) is 3.88. The third-order valence-corrected chi connectivity index (χ3v) is 7.60. The van der Waals surface area contributed by atoms with Crippen LogP contribution in [0.2, 0.25) is 0 Å². The summed E-state index contributed by atoms with van der Waals surface area (Å²) in [4.78, 5) is 15.1. The number of carbonyl (C=O) groups is 1. The Kier molecular flexibility index (Phi) is 4.81. The van der Waals surface area contributed by atoms with Gasteiger partial charge in [0.15, 0.2) is 10.1 Å². The van der Waals surface area contributed by atoms with Gasteiger partial charge in [-0.05, 0) is 40.5 Å². The monoisotopic (exact) mass is 429 g/mol. The van der Waals surface area contributed by atoms with Crippen molar-refractivity contribution in [3.63, 3.8) is 0 Å². The maximum absolute atomic E-state index is 13.3. The molecular weight excluding hydrogens is 410 g/mol. The van der Waals surface area contributed by atoms with Crippen molar-refractivity contribution in [2.75, 3.05) is 11.2 Å². The minimum Gasteiger partial charge on any atom is -0.384 e. The Morgan fingerprint density at radius 3 is 2.79 bits per heavy atom. The second-order valence-electron chi connectivity index (χ2n) is 7.59. The van der Waals surface area contributed by atoms with E-state index in [1.807, 2.05) is 23.1 Å². The van der Waals surface area contributed by atoms with Gasteiger partial charge in [-0.25, -0.2) is 0 Å². The number of carbonyl (C=O) groups excluding carboxylic acids is 1. The van der Waals surface area contributed by atoms with Crippen LogP contribution in [0.3, 0.4) is 0 Å². The molecule has 0 bridgehead atoms. The molecule has 0 amide bonds. The highest BCUT2D eigenvalue weighted by Crippen LogP contribution is 2.50. The van der Waals surface area contributed by atoms with E-state index in [1.54, 1.807) is 16.2 Å². The molecule has 1 unspecified atom stereocenters. The number of nitrogens with two attached hydrogens (primary N) is 1. The molecule has 1 aliphatic carbocycles. The fourth-order valence-corrected chi connectivity index (χ4v) is 5.86. The number of hydrogen-bond acceptors (Lipinski definition) is 9. The van der Waals surface area contributed by atoms with Crippen LogP contribution in [0.15, 0.2) is 43.8 Å². The van der Waals surface area contributed by atoms with E-state index in [1.165, 1.54) is 23.1 Å². The Morgan fingerprint density at radius 1 is 1.39 bits per heavy atom. The Hall–Kier alpha value is -2.15. The smallest absolute Gasteiger partial charge is 0.219 e. The van der Waals surface area contributed by atoms with Crippen LogP contribution < -0.4 is 10.6 Å². The molecule has 4 rings (SSSR count). The van der Waals surface area contributed by atoms with Gasteiger partial charge in [0.1, 0.15) is 5.82 Å². The predicted molar refractivity (Wildman–Crippen MR) is 113 cm³/mol. The van der Waals surface area contributed by atoms with Gasteiger partial charge in [-0.1, -0.05) is 36.9 Å². The lowest BCUT2D eigenvalue weighted by Crippen LogP contribution is -2.42. The third-order valence-electron chi connectivity index (χ3n) is 5.02. The molecule has 0 radical (unpaired) electrons. The number of nitriles is 1. The fraction of sp³-hybridized carbons (Fsp3) is 0.368. The number of ketones is 1. The van der Waals surface area contributed by atoms with E-state index in [0.29, 0.717) is 34.9 Å². The van der Waals surface area contributed by atoms with Gasteiger partial charge in [0.2, 0.25) is 5.13 Å². The molecule has 0 saturated carbocycles. The lowest BCUT2D eigenvalue weighted by atomic mass is 9.69. The first-order chi connectivity index (χ1) is 13.4. The lowest BCUT2D eigenvalue weighted by molar-refractivity contribution is -0.118. The zero-order chi connectivity index (χ0) is 20.1. The number of anilines is 1. The quantitative estimate of drug-likeness (QED) is 0.728. The van der Waals surface area contributed by atoms with Crippen molar-refractivity contribution in [1.82, 2.24) is 10.2 Å². The van der Waals surface area contributed by atoms with Crippen molar-refractivity contribution in [1.29, 1.82) is 5.26 Å². The van der Waals surface area contributed by atoms with Crippen LogP contribution in [0.4, 0.5) is 5.13 Å². The van der Waals surface area contributed by atoms with Crippen molar-refractivity contribution in [3.05, 3.63) is 45.1 Å². The molecular formula is C19H19N5OS3. The van der Waals surface area contributed by atoms with Gasteiger partial charge in [-0.3, -0.25) is 9.69 Å². The molecule has 2 N–H and O–H groups in total. The molecule has 1 atom stereocenters. The zero-order valence-corrected chi connectivity index (χ0v) is 18.2. The van der Waals surface area contributed by atoms with Crippen LogP contribution in [-0.2, 0) is 4.79 Å². The van der Waals surface area contributed by atoms with Gasteiger partial charge in [-0.2, -0.15) is 16.6 Å². The van der Waals surface area contributed by atoms with Crippen molar-refractivity contribution in [2.45, 2.75) is 36.9 Å². The van der Waals surface area contributed by atoms with E-state index in [-0.39, 0.29) is 11.2 Å². The van der Waals surface area contributed by atoms with Crippen LogP contribution in [0.5, 0.6) is 0 Å². The number of aromatic nitrogens is 2. The summed E-state index contributed by atoms with van der Waals surface area (Å²) >= 11 is 4.46. The van der Waals surface area contributed by atoms with Gasteiger partial charge in [0, 0.05) is 17.7 Å². The van der Waals surface area contributed by atoms with Crippen molar-refractivity contribution < 1.29 is 4.79 Å². The Balaban J connectivity index is 1.97. The second kappa shape index (κ2) is 7.03. The van der Waals surface area contributed by atoms with Crippen LogP contribution in [0.25, 0.3) is 0 Å². The highest BCUT2D eigenvalue weighted by atomic mass is 32.2. The van der Waals surface area contributed by atoms with E-state index in [0.717, 1.165) is 15.6 Å². The van der Waals surface area contributed by atoms with Crippen molar-refractivity contribution in [2.24, 2.45) is 11.1 Å². The van der Waals surface area contributed by atoms with Gasteiger partial charge in [0.25, 0.3) is 0 Å². The summed E-state index contributed by atoms with van der Waals surface area (Å²) in [6.45, 7) is 4.17. The highest BCUT2D eigenvalue weighted by molar-refractivity contribution is 8.00. The lowest BCUT2D eigenvalue weighted by Gasteiger charge is -2.42. The molecule has 3 heterocycles. The summed E-state index contributed by atoms with van der Waals surface area (Å²) in [5.41, 5.74) is 9.18. The van der Waals surface area contributed by atoms with Gasteiger partial charge < -0.3 is 5.73 Å². The second-order valence-corrected chi connectivity index (χ2v) is 10.4. The summed E-state index contributed by atoms with van der Waals surface area (Å²) in [5.74, 6) is -0.00639. The first-order valence-corrected chi connectivity index (χ1v) is 11.7. The van der Waals surface area contributed by atoms with Gasteiger partial charge >= 0.3 is 0 Å². The van der Waals surface area contributed by atoms with Gasteiger partial charge in [0.05, 0.1) is 17.6 Å². The first kappa shape index (κ1) is 19.2. The van der Waals surface area contributed by atoms with Crippen LogP contribution >= 0.6 is 34.4 Å². The summed E-state index contributed by atoms with van der Waals surface area (Å²) in [6.07, 6.45) is 3.07. The van der Waals surface area contributed by atoms with Crippen molar-refractivity contribution in [3.8, 4) is 6.07 Å². The van der Waals surface area contributed by atoms with E-state index < -0.39 is 5.92 Å². The molecule has 0 fully saturated rings. The first-order valence-electron chi connectivity index (χ1n) is 8.72. The number of thiophene rings is 1. The Morgan fingerprint density at radius 2 is 2.18 bits per heavy atom. The molecule has 144 valence electrons. The SMILES string of the molecule is CSc1nnc(N2C(N)=C(C#N)C(c3ccsc3)C3=C2CC(C)(C)CC3=O)s1. The average Bonchev–Trinajstić information content (AvgIpc) is 3.31. The van der Waals surface area contributed by atoms with Crippen LogP contribution in [-0.4, -0.2) is 22.2 Å². The molecule has 28 heavy (non-hydrogen) atoms. The normalized spacial score (nSPS) is 21.7. The minimum atomic E-state index is -0.418. The molecule has 2 aromatic rings. The number of Topliss-reactive ketones (excluding diaryl/α,β-unsaturated/α-hetero) is 1. The maximum Gasteiger partial charge on any atom is 0.219 e. The maximum atomic E-state index is 13.3. The van der Waals surface area contributed by atoms with E-state index in [9.17, 15) is 10.1 Å². The molecule has 2 aromatic heterocycles. The minimum absolute atomic E-state index is 0.0716. The number of thioether (sulfide) groups is 1. The molecule has 6 nitrogen and oxygen atoms in total. The topological polar surface area (TPSA) is 95.9 Å². The number of nitrogens with zero attached hydrogens (tertiary/aromatic N) is 4. The van der Waals surface area contributed by atoms with E-state index in [2.05, 4.69) is 30.1 Å². The predicted octanol–water partition coefficient (Wildman–Crippen LogP) is 4.26. The van der Waals surface area contributed by atoms with E-state index in [4.69, 9.17) is 5.73 Å². The summed E-state index contributed by atoms with van der Waals surface area (Å²) in [6, 6.07) is 4.23. The number of hydrogen-bond donors (Lipinski definition) is 1. The molecule has 2 aliphatic rings. The third kappa shape index (κ3) is 3.05.